The van der Waals surface area contributed by atoms with Crippen molar-refractivity contribution in [3.8, 4) is 5.75 Å². The minimum absolute atomic E-state index is 0.0521. The quantitative estimate of drug-likeness (QED) is 0.906. The van der Waals surface area contributed by atoms with Crippen LogP contribution in [0.4, 0.5) is 0 Å². The van der Waals surface area contributed by atoms with Crippen LogP contribution in [0.15, 0.2) is 24.3 Å². The highest BCUT2D eigenvalue weighted by molar-refractivity contribution is 5.31. The summed E-state index contributed by atoms with van der Waals surface area (Å²) in [5, 5.41) is 0. The molecule has 1 aliphatic rings. The van der Waals surface area contributed by atoms with E-state index in [0.29, 0.717) is 0 Å². The summed E-state index contributed by atoms with van der Waals surface area (Å²) in [5.41, 5.74) is 7.43. The van der Waals surface area contributed by atoms with Crippen LogP contribution in [0.1, 0.15) is 38.3 Å². The van der Waals surface area contributed by atoms with E-state index in [0.717, 1.165) is 31.7 Å². The Hall–Kier alpha value is -1.10. The molecule has 1 aromatic carbocycles. The van der Waals surface area contributed by atoms with Crippen molar-refractivity contribution < 1.29 is 9.47 Å². The third-order valence-electron chi connectivity index (χ3n) is 4.51. The van der Waals surface area contributed by atoms with Gasteiger partial charge in [0, 0.05) is 25.7 Å². The zero-order valence-corrected chi connectivity index (χ0v) is 13.6. The van der Waals surface area contributed by atoms with Gasteiger partial charge in [0.15, 0.2) is 0 Å². The van der Waals surface area contributed by atoms with Gasteiger partial charge in [0.05, 0.1) is 12.7 Å². The first-order chi connectivity index (χ1) is 9.99. The van der Waals surface area contributed by atoms with Crippen LogP contribution in [0.25, 0.3) is 0 Å². The molecule has 1 heterocycles. The molecular formula is C17H28N2O2. The van der Waals surface area contributed by atoms with Gasteiger partial charge in [-0.2, -0.15) is 0 Å². The van der Waals surface area contributed by atoms with E-state index in [2.05, 4.69) is 30.9 Å². The molecule has 0 bridgehead atoms. The van der Waals surface area contributed by atoms with Gasteiger partial charge in [0.1, 0.15) is 5.75 Å². The zero-order chi connectivity index (χ0) is 15.5. The van der Waals surface area contributed by atoms with Crippen LogP contribution in [0.3, 0.4) is 0 Å². The average molecular weight is 292 g/mol. The van der Waals surface area contributed by atoms with Crippen molar-refractivity contribution in [1.29, 1.82) is 0 Å². The molecule has 0 aromatic heterocycles. The van der Waals surface area contributed by atoms with E-state index < -0.39 is 0 Å². The van der Waals surface area contributed by atoms with E-state index in [9.17, 15) is 0 Å². The molecule has 3 atom stereocenters. The lowest BCUT2D eigenvalue weighted by atomic mass is 9.90. The van der Waals surface area contributed by atoms with Crippen LogP contribution in [0.2, 0.25) is 0 Å². The normalized spacial score (nSPS) is 26.3. The second-order valence-corrected chi connectivity index (χ2v) is 6.31. The SMILES string of the molecule is COc1cccc(C(C(C)N)N2CCCC(C)(OC)C2)c1. The molecule has 1 aromatic rings. The standard InChI is InChI=1S/C17H28N2O2/c1-13(18)16(14-7-5-8-15(11-14)20-3)19-10-6-9-17(2,12-19)21-4/h5,7-8,11,13,16H,6,9-10,12,18H2,1-4H3. The summed E-state index contributed by atoms with van der Waals surface area (Å²) in [6, 6.07) is 8.47. The molecule has 2 rings (SSSR count). The van der Waals surface area contributed by atoms with Gasteiger partial charge in [-0.3, -0.25) is 4.90 Å². The van der Waals surface area contributed by atoms with Gasteiger partial charge in [0.2, 0.25) is 0 Å². The van der Waals surface area contributed by atoms with Crippen LogP contribution in [0, 0.1) is 0 Å². The fourth-order valence-electron chi connectivity index (χ4n) is 3.32. The number of hydrogen-bond acceptors (Lipinski definition) is 4. The molecule has 3 unspecified atom stereocenters. The van der Waals surface area contributed by atoms with Crippen molar-refractivity contribution in [1.82, 2.24) is 4.90 Å². The molecule has 1 aliphatic heterocycles. The molecule has 0 saturated carbocycles. The van der Waals surface area contributed by atoms with Crippen molar-refractivity contribution >= 4 is 0 Å². The Balaban J connectivity index is 2.26. The first kappa shape index (κ1) is 16.3. The van der Waals surface area contributed by atoms with E-state index in [-0.39, 0.29) is 17.7 Å². The summed E-state index contributed by atoms with van der Waals surface area (Å²) in [6.07, 6.45) is 2.24. The number of nitrogens with zero attached hydrogens (tertiary/aromatic N) is 1. The maximum absolute atomic E-state index is 6.30. The van der Waals surface area contributed by atoms with Gasteiger partial charge in [-0.05, 0) is 50.9 Å². The Labute approximate surface area is 128 Å². The molecular weight excluding hydrogens is 264 g/mol. The Morgan fingerprint density at radius 3 is 2.71 bits per heavy atom. The van der Waals surface area contributed by atoms with Crippen LogP contribution in [-0.4, -0.2) is 43.9 Å². The summed E-state index contributed by atoms with van der Waals surface area (Å²) >= 11 is 0. The van der Waals surface area contributed by atoms with Crippen molar-refractivity contribution in [2.75, 3.05) is 27.3 Å². The lowest BCUT2D eigenvalue weighted by molar-refractivity contribution is -0.0637. The topological polar surface area (TPSA) is 47.7 Å². The highest BCUT2D eigenvalue weighted by Crippen LogP contribution is 2.33. The number of piperidine rings is 1. The average Bonchev–Trinajstić information content (AvgIpc) is 2.47. The number of nitrogens with two attached hydrogens (primary N) is 1. The van der Waals surface area contributed by atoms with E-state index in [1.807, 2.05) is 12.1 Å². The number of likely N-dealkylation sites (tertiary alicyclic amines) is 1. The smallest absolute Gasteiger partial charge is 0.119 e. The molecule has 4 nitrogen and oxygen atoms in total. The van der Waals surface area contributed by atoms with Gasteiger partial charge in [-0.25, -0.2) is 0 Å². The summed E-state index contributed by atoms with van der Waals surface area (Å²) in [7, 11) is 3.50. The molecule has 0 spiro atoms. The van der Waals surface area contributed by atoms with Crippen molar-refractivity contribution in [3.05, 3.63) is 29.8 Å². The van der Waals surface area contributed by atoms with E-state index in [1.54, 1.807) is 14.2 Å². The zero-order valence-electron chi connectivity index (χ0n) is 13.6. The van der Waals surface area contributed by atoms with Gasteiger partial charge in [-0.1, -0.05) is 12.1 Å². The number of methoxy groups -OCH3 is 2. The van der Waals surface area contributed by atoms with E-state index in [1.165, 1.54) is 5.56 Å². The molecule has 2 N–H and O–H groups in total. The van der Waals surface area contributed by atoms with Crippen LogP contribution in [-0.2, 0) is 4.74 Å². The molecule has 0 radical (unpaired) electrons. The third-order valence-corrected chi connectivity index (χ3v) is 4.51. The third kappa shape index (κ3) is 3.76. The fraction of sp³-hybridized carbons (Fsp3) is 0.647. The predicted molar refractivity (Wildman–Crippen MR) is 85.6 cm³/mol. The van der Waals surface area contributed by atoms with Gasteiger partial charge in [0.25, 0.3) is 0 Å². The second-order valence-electron chi connectivity index (χ2n) is 6.31. The van der Waals surface area contributed by atoms with Crippen molar-refractivity contribution in [2.45, 2.75) is 44.4 Å². The fourth-order valence-corrected chi connectivity index (χ4v) is 3.32. The summed E-state index contributed by atoms with van der Waals surface area (Å²) in [4.78, 5) is 2.45. The Morgan fingerprint density at radius 2 is 2.10 bits per heavy atom. The highest BCUT2D eigenvalue weighted by Gasteiger charge is 2.35. The van der Waals surface area contributed by atoms with Crippen LogP contribution in [0.5, 0.6) is 5.75 Å². The molecule has 118 valence electrons. The van der Waals surface area contributed by atoms with Crippen molar-refractivity contribution in [3.63, 3.8) is 0 Å². The summed E-state index contributed by atoms with van der Waals surface area (Å²) in [6.45, 7) is 6.22. The van der Waals surface area contributed by atoms with Gasteiger partial charge < -0.3 is 15.2 Å². The lowest BCUT2D eigenvalue weighted by Gasteiger charge is -2.44. The number of rotatable bonds is 5. The number of benzene rings is 1. The second kappa shape index (κ2) is 6.77. The van der Waals surface area contributed by atoms with Gasteiger partial charge >= 0.3 is 0 Å². The van der Waals surface area contributed by atoms with Crippen LogP contribution >= 0.6 is 0 Å². The van der Waals surface area contributed by atoms with E-state index >= 15 is 0 Å². The van der Waals surface area contributed by atoms with Crippen molar-refractivity contribution in [2.24, 2.45) is 5.73 Å². The Morgan fingerprint density at radius 1 is 1.33 bits per heavy atom. The number of ether oxygens (including phenoxy) is 2. The van der Waals surface area contributed by atoms with E-state index in [4.69, 9.17) is 15.2 Å². The maximum atomic E-state index is 6.30. The monoisotopic (exact) mass is 292 g/mol. The summed E-state index contributed by atoms with van der Waals surface area (Å²) in [5.74, 6) is 0.879. The first-order valence-electron chi connectivity index (χ1n) is 7.68. The highest BCUT2D eigenvalue weighted by atomic mass is 16.5. The van der Waals surface area contributed by atoms with Crippen LogP contribution < -0.4 is 10.5 Å². The Kier molecular flexibility index (Phi) is 5.25. The molecule has 1 fully saturated rings. The minimum atomic E-state index is -0.0791. The molecule has 21 heavy (non-hydrogen) atoms. The first-order valence-corrected chi connectivity index (χ1v) is 7.68. The molecule has 4 heteroatoms. The minimum Gasteiger partial charge on any atom is -0.497 e. The maximum Gasteiger partial charge on any atom is 0.119 e. The largest absolute Gasteiger partial charge is 0.497 e. The molecule has 0 amide bonds. The number of hydrogen-bond donors (Lipinski definition) is 1. The molecule has 0 aliphatic carbocycles. The summed E-state index contributed by atoms with van der Waals surface area (Å²) < 4.78 is 11.1. The predicted octanol–water partition coefficient (Wildman–Crippen LogP) is 2.58. The lowest BCUT2D eigenvalue weighted by Crippen LogP contribution is -2.51. The van der Waals surface area contributed by atoms with Gasteiger partial charge in [-0.15, -0.1) is 0 Å². The molecule has 1 saturated heterocycles. The Bertz CT molecular complexity index is 464.